The van der Waals surface area contributed by atoms with Gasteiger partial charge in [0.15, 0.2) is 6.10 Å². The molecule has 4 nitrogen and oxygen atoms in total. The Morgan fingerprint density at radius 3 is 2.81 bits per heavy atom. The summed E-state index contributed by atoms with van der Waals surface area (Å²) >= 11 is 3.01. The van der Waals surface area contributed by atoms with E-state index in [-0.39, 0.29) is 12.4 Å². The first kappa shape index (κ1) is 12.9. The van der Waals surface area contributed by atoms with Crippen LogP contribution in [0.5, 0.6) is 5.75 Å². The molecule has 88 valence electrons. The molecule has 0 saturated heterocycles. The molecule has 16 heavy (non-hydrogen) atoms. The second kappa shape index (κ2) is 5.81. The predicted molar refractivity (Wildman–Crippen MR) is 59.6 cm³/mol. The van der Waals surface area contributed by atoms with Crippen molar-refractivity contribution >= 4 is 21.8 Å². The van der Waals surface area contributed by atoms with Gasteiger partial charge in [-0.3, -0.25) is 4.79 Å². The standard InChI is InChI=1S/C10H11BrFNO3/c1-15-5-9(10(13)14)16-6-2-3-7(11)8(12)4-6/h2-4,9H,5H2,1H3,(H2,13,14). The van der Waals surface area contributed by atoms with Gasteiger partial charge in [0.25, 0.3) is 5.91 Å². The lowest BCUT2D eigenvalue weighted by atomic mass is 10.3. The minimum atomic E-state index is -0.925. The number of carbonyl (C=O) groups is 1. The van der Waals surface area contributed by atoms with E-state index in [9.17, 15) is 9.18 Å². The average molecular weight is 292 g/mol. The van der Waals surface area contributed by atoms with Gasteiger partial charge in [-0.25, -0.2) is 4.39 Å². The Morgan fingerprint density at radius 2 is 2.31 bits per heavy atom. The number of carbonyl (C=O) groups excluding carboxylic acids is 1. The van der Waals surface area contributed by atoms with E-state index in [0.717, 1.165) is 6.07 Å². The number of ether oxygens (including phenoxy) is 2. The summed E-state index contributed by atoms with van der Waals surface area (Å²) in [5.74, 6) is -0.912. The summed E-state index contributed by atoms with van der Waals surface area (Å²) in [6, 6.07) is 4.17. The van der Waals surface area contributed by atoms with Crippen LogP contribution in [0.2, 0.25) is 0 Å². The van der Waals surface area contributed by atoms with Gasteiger partial charge in [0, 0.05) is 13.2 Å². The Labute approximate surface area is 101 Å². The monoisotopic (exact) mass is 291 g/mol. The molecule has 0 heterocycles. The number of benzene rings is 1. The Kier molecular flexibility index (Phi) is 4.70. The number of nitrogens with two attached hydrogens (primary N) is 1. The Morgan fingerprint density at radius 1 is 1.62 bits per heavy atom. The molecule has 0 spiro atoms. The van der Waals surface area contributed by atoms with E-state index < -0.39 is 17.8 Å². The number of rotatable bonds is 5. The fourth-order valence-corrected chi connectivity index (χ4v) is 1.29. The highest BCUT2D eigenvalue weighted by atomic mass is 79.9. The Balaban J connectivity index is 2.77. The second-order valence-electron chi connectivity index (χ2n) is 3.04. The molecule has 0 aliphatic heterocycles. The van der Waals surface area contributed by atoms with E-state index in [1.54, 1.807) is 0 Å². The molecule has 0 radical (unpaired) electrons. The molecule has 1 aromatic carbocycles. The van der Waals surface area contributed by atoms with Crippen LogP contribution in [0.3, 0.4) is 0 Å². The van der Waals surface area contributed by atoms with Crippen molar-refractivity contribution in [3.05, 3.63) is 28.5 Å². The van der Waals surface area contributed by atoms with Crippen LogP contribution < -0.4 is 10.5 Å². The molecule has 0 saturated carbocycles. The maximum absolute atomic E-state index is 13.1. The van der Waals surface area contributed by atoms with Crippen LogP contribution in [0.4, 0.5) is 4.39 Å². The smallest absolute Gasteiger partial charge is 0.260 e. The summed E-state index contributed by atoms with van der Waals surface area (Å²) < 4.78 is 23.4. The largest absolute Gasteiger partial charge is 0.478 e. The van der Waals surface area contributed by atoms with Gasteiger partial charge in [-0.05, 0) is 28.1 Å². The van der Waals surface area contributed by atoms with Gasteiger partial charge in [-0.15, -0.1) is 0 Å². The number of methoxy groups -OCH3 is 1. The normalized spacial score (nSPS) is 12.2. The highest BCUT2D eigenvalue weighted by molar-refractivity contribution is 9.10. The van der Waals surface area contributed by atoms with Gasteiger partial charge in [0.05, 0.1) is 11.1 Å². The maximum Gasteiger partial charge on any atom is 0.260 e. The van der Waals surface area contributed by atoms with Gasteiger partial charge >= 0.3 is 0 Å². The molecule has 0 aliphatic rings. The third-order valence-electron chi connectivity index (χ3n) is 1.80. The van der Waals surface area contributed by atoms with E-state index in [1.807, 2.05) is 0 Å². The maximum atomic E-state index is 13.1. The predicted octanol–water partition coefficient (Wildman–Crippen LogP) is 1.47. The molecular formula is C10H11BrFNO3. The molecule has 1 aromatic rings. The topological polar surface area (TPSA) is 61.6 Å². The first-order valence-corrected chi connectivity index (χ1v) is 5.24. The number of hydrogen-bond donors (Lipinski definition) is 1. The zero-order valence-electron chi connectivity index (χ0n) is 8.57. The van der Waals surface area contributed by atoms with Crippen molar-refractivity contribution in [3.8, 4) is 5.75 Å². The van der Waals surface area contributed by atoms with Crippen molar-refractivity contribution in [2.24, 2.45) is 5.73 Å². The van der Waals surface area contributed by atoms with Gasteiger partial charge in [-0.1, -0.05) is 0 Å². The van der Waals surface area contributed by atoms with E-state index >= 15 is 0 Å². The number of amides is 1. The molecule has 0 aromatic heterocycles. The van der Waals surface area contributed by atoms with Crippen molar-refractivity contribution in [3.63, 3.8) is 0 Å². The lowest BCUT2D eigenvalue weighted by Crippen LogP contribution is -2.37. The van der Waals surface area contributed by atoms with Crippen LogP contribution in [-0.4, -0.2) is 25.7 Å². The number of halogens is 2. The summed E-state index contributed by atoms with van der Waals surface area (Å²) in [5.41, 5.74) is 5.09. The van der Waals surface area contributed by atoms with Crippen LogP contribution in [0.25, 0.3) is 0 Å². The summed E-state index contributed by atoms with van der Waals surface area (Å²) in [7, 11) is 1.42. The van der Waals surface area contributed by atoms with Crippen LogP contribution in [0, 0.1) is 5.82 Å². The van der Waals surface area contributed by atoms with Gasteiger partial charge in [-0.2, -0.15) is 0 Å². The molecular weight excluding hydrogens is 281 g/mol. The molecule has 1 atom stereocenters. The molecule has 0 fully saturated rings. The summed E-state index contributed by atoms with van der Waals surface area (Å²) in [6.07, 6.45) is -0.925. The van der Waals surface area contributed by atoms with Crippen molar-refractivity contribution in [2.75, 3.05) is 13.7 Å². The third-order valence-corrected chi connectivity index (χ3v) is 2.45. The molecule has 1 amide bonds. The Bertz CT molecular complexity index is 386. The Hall–Kier alpha value is -1.14. The summed E-state index contributed by atoms with van der Waals surface area (Å²) in [6.45, 7) is 0.0208. The lowest BCUT2D eigenvalue weighted by molar-refractivity contribution is -0.126. The van der Waals surface area contributed by atoms with Gasteiger partial charge in [0.1, 0.15) is 11.6 Å². The zero-order chi connectivity index (χ0) is 12.1. The number of primary amides is 1. The van der Waals surface area contributed by atoms with Crippen LogP contribution >= 0.6 is 15.9 Å². The van der Waals surface area contributed by atoms with E-state index in [2.05, 4.69) is 15.9 Å². The van der Waals surface area contributed by atoms with Crippen molar-refractivity contribution in [1.29, 1.82) is 0 Å². The minimum absolute atomic E-state index is 0.0208. The molecule has 0 bridgehead atoms. The quantitative estimate of drug-likeness (QED) is 0.894. The van der Waals surface area contributed by atoms with Crippen molar-refractivity contribution in [2.45, 2.75) is 6.10 Å². The minimum Gasteiger partial charge on any atom is -0.478 e. The summed E-state index contributed by atoms with van der Waals surface area (Å²) in [5, 5.41) is 0. The average Bonchev–Trinajstić information content (AvgIpc) is 2.22. The van der Waals surface area contributed by atoms with E-state index in [0.29, 0.717) is 4.47 Å². The van der Waals surface area contributed by atoms with Crippen molar-refractivity contribution < 1.29 is 18.7 Å². The molecule has 1 unspecified atom stereocenters. The van der Waals surface area contributed by atoms with Crippen LogP contribution in [-0.2, 0) is 9.53 Å². The molecule has 6 heteroatoms. The third kappa shape index (κ3) is 3.46. The fraction of sp³-hybridized carbons (Fsp3) is 0.300. The highest BCUT2D eigenvalue weighted by Gasteiger charge is 2.17. The van der Waals surface area contributed by atoms with Crippen molar-refractivity contribution in [1.82, 2.24) is 0 Å². The van der Waals surface area contributed by atoms with E-state index in [4.69, 9.17) is 15.2 Å². The number of hydrogen-bond acceptors (Lipinski definition) is 3. The fourth-order valence-electron chi connectivity index (χ4n) is 1.04. The zero-order valence-corrected chi connectivity index (χ0v) is 10.2. The van der Waals surface area contributed by atoms with E-state index in [1.165, 1.54) is 19.2 Å². The molecule has 0 aliphatic carbocycles. The first-order chi connectivity index (χ1) is 7.54. The summed E-state index contributed by atoms with van der Waals surface area (Å²) in [4.78, 5) is 11.0. The molecule has 1 rings (SSSR count). The highest BCUT2D eigenvalue weighted by Crippen LogP contribution is 2.21. The second-order valence-corrected chi connectivity index (χ2v) is 3.89. The van der Waals surface area contributed by atoms with Crippen LogP contribution in [0.1, 0.15) is 0 Å². The SMILES string of the molecule is COCC(Oc1ccc(Br)c(F)c1)C(N)=O. The van der Waals surface area contributed by atoms with Gasteiger partial charge < -0.3 is 15.2 Å². The van der Waals surface area contributed by atoms with Gasteiger partial charge in [0.2, 0.25) is 0 Å². The first-order valence-electron chi connectivity index (χ1n) is 4.44. The lowest BCUT2D eigenvalue weighted by Gasteiger charge is -2.15. The molecule has 2 N–H and O–H groups in total. The van der Waals surface area contributed by atoms with Crippen LogP contribution in [0.15, 0.2) is 22.7 Å².